The summed E-state index contributed by atoms with van der Waals surface area (Å²) in [6, 6.07) is 13.9. The van der Waals surface area contributed by atoms with Gasteiger partial charge in [-0.25, -0.2) is 4.79 Å². The van der Waals surface area contributed by atoms with E-state index < -0.39 is 23.6 Å². The summed E-state index contributed by atoms with van der Waals surface area (Å²) in [5, 5.41) is 5.64. The van der Waals surface area contributed by atoms with Crippen molar-refractivity contribution in [3.8, 4) is 0 Å². The summed E-state index contributed by atoms with van der Waals surface area (Å²) in [5.41, 5.74) is 0.820. The zero-order valence-electron chi connectivity index (χ0n) is 16.9. The lowest BCUT2D eigenvalue weighted by molar-refractivity contribution is -0.125. The number of ketones is 1. The number of anilines is 1. The molecule has 0 fully saturated rings. The molecule has 0 aromatic heterocycles. The van der Waals surface area contributed by atoms with Gasteiger partial charge in [-0.1, -0.05) is 41.9 Å². The first-order chi connectivity index (χ1) is 13.6. The maximum Gasteiger partial charge on any atom is 0.408 e. The van der Waals surface area contributed by atoms with Crippen LogP contribution in [0, 0.1) is 0 Å². The molecule has 0 aliphatic rings. The molecule has 1 unspecified atom stereocenters. The minimum atomic E-state index is -0.971. The van der Waals surface area contributed by atoms with Gasteiger partial charge in [0.2, 0.25) is 0 Å². The third-order valence-electron chi connectivity index (χ3n) is 3.94. The minimum absolute atomic E-state index is 0.0952. The molecule has 2 amide bonds. The summed E-state index contributed by atoms with van der Waals surface area (Å²) in [6.07, 6.45) is -1.74. The van der Waals surface area contributed by atoms with Gasteiger partial charge in [-0.3, -0.25) is 9.59 Å². The summed E-state index contributed by atoms with van der Waals surface area (Å²) in [7, 11) is 0. The Kier molecular flexibility index (Phi) is 7.40. The molecule has 0 heterocycles. The molecule has 0 aliphatic carbocycles. The molecular weight excluding hydrogens is 392 g/mol. The van der Waals surface area contributed by atoms with Crippen LogP contribution in [0.2, 0.25) is 5.02 Å². The number of halogens is 1. The molecule has 6 nitrogen and oxygen atoms in total. The number of rotatable bonds is 6. The van der Waals surface area contributed by atoms with E-state index in [1.54, 1.807) is 42.5 Å². The van der Waals surface area contributed by atoms with E-state index >= 15 is 0 Å². The molecule has 2 aromatic rings. The number of ether oxygens (including phenoxy) is 1. The molecule has 0 saturated heterocycles. The number of hydrogen-bond acceptors (Lipinski definition) is 4. The molecule has 2 N–H and O–H groups in total. The van der Waals surface area contributed by atoms with Crippen LogP contribution in [0.3, 0.4) is 0 Å². The Morgan fingerprint density at radius 2 is 1.69 bits per heavy atom. The number of alkyl carbamates (subject to hydrolysis) is 1. The SMILES string of the molecule is CC(OC(=O)NC(C)(C)C)C(=O)Cc1cccc(Cl)c1C(=O)Nc1ccccc1. The first-order valence-corrected chi connectivity index (χ1v) is 9.60. The number of carbonyl (C=O) groups excluding carboxylic acids is 3. The smallest absolute Gasteiger partial charge is 0.408 e. The lowest BCUT2D eigenvalue weighted by atomic mass is 9.99. The van der Waals surface area contributed by atoms with E-state index in [1.807, 2.05) is 26.8 Å². The molecule has 2 aromatic carbocycles. The van der Waals surface area contributed by atoms with Gasteiger partial charge in [0.25, 0.3) is 5.91 Å². The average Bonchev–Trinajstić information content (AvgIpc) is 2.60. The topological polar surface area (TPSA) is 84.5 Å². The van der Waals surface area contributed by atoms with E-state index in [0.29, 0.717) is 11.3 Å². The highest BCUT2D eigenvalue weighted by molar-refractivity contribution is 6.34. The number of nitrogens with one attached hydrogen (secondary N) is 2. The Morgan fingerprint density at radius 1 is 1.03 bits per heavy atom. The van der Waals surface area contributed by atoms with Gasteiger partial charge in [0, 0.05) is 17.6 Å². The van der Waals surface area contributed by atoms with E-state index in [9.17, 15) is 14.4 Å². The molecule has 7 heteroatoms. The molecular formula is C22H25ClN2O4. The molecule has 0 saturated carbocycles. The van der Waals surface area contributed by atoms with Crippen molar-refractivity contribution < 1.29 is 19.1 Å². The second-order valence-corrected chi connectivity index (χ2v) is 8.07. The summed E-state index contributed by atoms with van der Waals surface area (Å²) in [4.78, 5) is 37.2. The molecule has 0 aliphatic heterocycles. The van der Waals surface area contributed by atoms with Crippen molar-refractivity contribution in [3.63, 3.8) is 0 Å². The third kappa shape index (κ3) is 6.91. The fraction of sp³-hybridized carbons (Fsp3) is 0.318. The molecule has 0 bridgehead atoms. The number of benzene rings is 2. The van der Waals surface area contributed by atoms with Crippen molar-refractivity contribution >= 4 is 35.1 Å². The second kappa shape index (κ2) is 9.56. The first-order valence-electron chi connectivity index (χ1n) is 9.22. The van der Waals surface area contributed by atoms with E-state index in [4.69, 9.17) is 16.3 Å². The average molecular weight is 417 g/mol. The fourth-order valence-electron chi connectivity index (χ4n) is 2.58. The van der Waals surface area contributed by atoms with E-state index in [-0.39, 0.29) is 22.8 Å². The summed E-state index contributed by atoms with van der Waals surface area (Å²) in [6.45, 7) is 6.93. The van der Waals surface area contributed by atoms with Crippen LogP contribution >= 0.6 is 11.6 Å². The van der Waals surface area contributed by atoms with Crippen LogP contribution < -0.4 is 10.6 Å². The van der Waals surface area contributed by atoms with Gasteiger partial charge in [-0.15, -0.1) is 0 Å². The van der Waals surface area contributed by atoms with Crippen LogP contribution in [0.15, 0.2) is 48.5 Å². The van der Waals surface area contributed by atoms with Crippen LogP contribution in [0.1, 0.15) is 43.6 Å². The Morgan fingerprint density at radius 3 is 2.31 bits per heavy atom. The second-order valence-electron chi connectivity index (χ2n) is 7.66. The maximum atomic E-state index is 12.7. The zero-order chi connectivity index (χ0) is 21.6. The van der Waals surface area contributed by atoms with Crippen LogP contribution in [0.4, 0.5) is 10.5 Å². The number of carbonyl (C=O) groups is 3. The molecule has 29 heavy (non-hydrogen) atoms. The number of hydrogen-bond donors (Lipinski definition) is 2. The summed E-state index contributed by atoms with van der Waals surface area (Å²) < 4.78 is 5.15. The van der Waals surface area contributed by atoms with Crippen LogP contribution in [-0.4, -0.2) is 29.4 Å². The van der Waals surface area contributed by atoms with E-state index in [2.05, 4.69) is 10.6 Å². The predicted octanol–water partition coefficient (Wildman–Crippen LogP) is 4.62. The van der Waals surface area contributed by atoms with Crippen LogP contribution in [-0.2, 0) is 16.0 Å². The first kappa shape index (κ1) is 22.4. The Labute approximate surface area is 175 Å². The van der Waals surface area contributed by atoms with Crippen LogP contribution in [0.5, 0.6) is 0 Å². The molecule has 0 radical (unpaired) electrons. The maximum absolute atomic E-state index is 12.7. The van der Waals surface area contributed by atoms with Crippen molar-refractivity contribution in [3.05, 3.63) is 64.7 Å². The number of amides is 2. The standard InChI is InChI=1S/C22H25ClN2O4/c1-14(29-21(28)25-22(2,3)4)18(26)13-15-9-8-12-17(23)19(15)20(27)24-16-10-6-5-7-11-16/h5-12,14H,13H2,1-4H3,(H,24,27)(H,25,28). The van der Waals surface area contributed by atoms with Gasteiger partial charge in [-0.2, -0.15) is 0 Å². The van der Waals surface area contributed by atoms with Crippen molar-refractivity contribution in [2.75, 3.05) is 5.32 Å². The Hall–Kier alpha value is -2.86. The fourth-order valence-corrected chi connectivity index (χ4v) is 2.86. The highest BCUT2D eigenvalue weighted by atomic mass is 35.5. The summed E-state index contributed by atoms with van der Waals surface area (Å²) in [5.74, 6) is -0.756. The normalized spacial score (nSPS) is 12.0. The molecule has 2 rings (SSSR count). The monoisotopic (exact) mass is 416 g/mol. The molecule has 1 atom stereocenters. The predicted molar refractivity (Wildman–Crippen MR) is 113 cm³/mol. The Balaban J connectivity index is 2.12. The zero-order valence-corrected chi connectivity index (χ0v) is 17.7. The minimum Gasteiger partial charge on any atom is -0.439 e. The van der Waals surface area contributed by atoms with Gasteiger partial charge >= 0.3 is 6.09 Å². The van der Waals surface area contributed by atoms with Gasteiger partial charge in [0.05, 0.1) is 10.6 Å². The van der Waals surface area contributed by atoms with E-state index in [1.165, 1.54) is 6.92 Å². The number of Topliss-reactive ketones (excluding diaryl/α,β-unsaturated/α-hetero) is 1. The molecule has 0 spiro atoms. The van der Waals surface area contributed by atoms with Crippen molar-refractivity contribution in [2.45, 2.75) is 45.8 Å². The Bertz CT molecular complexity index is 891. The van der Waals surface area contributed by atoms with Crippen LogP contribution in [0.25, 0.3) is 0 Å². The van der Waals surface area contributed by atoms with Gasteiger partial charge in [0.1, 0.15) is 0 Å². The molecule has 154 valence electrons. The third-order valence-corrected chi connectivity index (χ3v) is 4.25. The van der Waals surface area contributed by atoms with Gasteiger partial charge < -0.3 is 15.4 Å². The summed E-state index contributed by atoms with van der Waals surface area (Å²) >= 11 is 6.24. The van der Waals surface area contributed by atoms with Crippen molar-refractivity contribution in [1.29, 1.82) is 0 Å². The highest BCUT2D eigenvalue weighted by Crippen LogP contribution is 2.23. The van der Waals surface area contributed by atoms with Crippen molar-refractivity contribution in [2.24, 2.45) is 0 Å². The highest BCUT2D eigenvalue weighted by Gasteiger charge is 2.24. The van der Waals surface area contributed by atoms with Gasteiger partial charge in [0.15, 0.2) is 11.9 Å². The largest absolute Gasteiger partial charge is 0.439 e. The quantitative estimate of drug-likeness (QED) is 0.719. The van der Waals surface area contributed by atoms with Gasteiger partial charge in [-0.05, 0) is 51.5 Å². The van der Waals surface area contributed by atoms with E-state index in [0.717, 1.165) is 0 Å². The number of para-hydroxylation sites is 1. The lowest BCUT2D eigenvalue weighted by Gasteiger charge is -2.22. The lowest BCUT2D eigenvalue weighted by Crippen LogP contribution is -2.43. The van der Waals surface area contributed by atoms with Crippen molar-refractivity contribution in [1.82, 2.24) is 5.32 Å².